The highest BCUT2D eigenvalue weighted by Gasteiger charge is 2.51. The summed E-state index contributed by atoms with van der Waals surface area (Å²) in [5.41, 5.74) is 19.2. The lowest BCUT2D eigenvalue weighted by Crippen LogP contribution is -2.33. The number of nitrogens with zero attached hydrogens (tertiary/aromatic N) is 2. The predicted molar refractivity (Wildman–Crippen MR) is 237 cm³/mol. The maximum atomic E-state index is 2.53. The van der Waals surface area contributed by atoms with Crippen LogP contribution in [0.5, 0.6) is 0 Å². The van der Waals surface area contributed by atoms with Crippen molar-refractivity contribution in [3.63, 3.8) is 0 Å². The van der Waals surface area contributed by atoms with E-state index in [0.29, 0.717) is 0 Å². The molecule has 2 aliphatic rings. The molecule has 1 aliphatic carbocycles. The van der Waals surface area contributed by atoms with Gasteiger partial charge in [-0.3, -0.25) is 0 Å². The van der Waals surface area contributed by atoms with Gasteiger partial charge in [0.05, 0.1) is 27.8 Å². The minimum Gasteiger partial charge on any atom is -0.310 e. The zero-order chi connectivity index (χ0) is 37.5. The standard InChI is InChI=1S/C55H36N2/c1-3-16-37(17-4-1)38-30-32-39(33-31-38)42-20-9-13-28-51(42)56(40-18-5-2-6-19-40)41-34-35-53-50(36-41)55(47-25-11-7-21-43(47)44-22-8-12-26-48(44)55)49-27-15-24-46-45-23-10-14-29-52(45)57(53)54(46)49/h1-36H. The Bertz CT molecular complexity index is 3130. The van der Waals surface area contributed by atoms with E-state index in [1.807, 2.05) is 0 Å². The van der Waals surface area contributed by atoms with E-state index in [2.05, 4.69) is 228 Å². The Hall–Kier alpha value is -7.42. The minimum absolute atomic E-state index is 0.530. The summed E-state index contributed by atoms with van der Waals surface area (Å²) in [4.78, 5) is 2.45. The summed E-state index contributed by atoms with van der Waals surface area (Å²) in [5.74, 6) is 0. The topological polar surface area (TPSA) is 8.17 Å². The van der Waals surface area contributed by atoms with Gasteiger partial charge in [0, 0.05) is 27.7 Å². The molecule has 0 N–H and O–H groups in total. The van der Waals surface area contributed by atoms with Gasteiger partial charge < -0.3 is 9.47 Å². The largest absolute Gasteiger partial charge is 0.310 e. The smallest absolute Gasteiger partial charge is 0.0755 e. The number of hydrogen-bond acceptors (Lipinski definition) is 1. The van der Waals surface area contributed by atoms with Crippen molar-refractivity contribution in [1.82, 2.24) is 4.57 Å². The summed E-state index contributed by atoms with van der Waals surface area (Å²) in [6, 6.07) is 80.5. The molecule has 2 heterocycles. The molecule has 0 radical (unpaired) electrons. The Labute approximate surface area is 332 Å². The molecule has 10 aromatic rings. The maximum Gasteiger partial charge on any atom is 0.0755 e. The molecule has 2 heteroatoms. The molecule has 9 aromatic carbocycles. The monoisotopic (exact) mass is 724 g/mol. The van der Waals surface area contributed by atoms with Crippen LogP contribution in [0.1, 0.15) is 22.3 Å². The lowest BCUT2D eigenvalue weighted by Gasteiger charge is -2.40. The summed E-state index contributed by atoms with van der Waals surface area (Å²) >= 11 is 0. The summed E-state index contributed by atoms with van der Waals surface area (Å²) in [6.45, 7) is 0. The third-order valence-electron chi connectivity index (χ3n) is 12.4. The quantitative estimate of drug-likeness (QED) is 0.172. The summed E-state index contributed by atoms with van der Waals surface area (Å²) < 4.78 is 2.53. The maximum absolute atomic E-state index is 2.53. The van der Waals surface area contributed by atoms with Crippen molar-refractivity contribution in [3.05, 3.63) is 241 Å². The minimum atomic E-state index is -0.530. The SMILES string of the molecule is c1ccc(-c2ccc(-c3ccccc3N(c3ccccc3)c3ccc4c(c3)C3(c5ccccc5-c5ccccc53)c3cccc5c6ccccc6n-4c35)cc2)cc1. The number of fused-ring (bicyclic) bond motifs is 12. The van der Waals surface area contributed by atoms with Crippen molar-refractivity contribution < 1.29 is 0 Å². The Balaban J connectivity index is 1.15. The zero-order valence-corrected chi connectivity index (χ0v) is 31.2. The molecule has 0 saturated carbocycles. The first-order valence-corrected chi connectivity index (χ1v) is 19.8. The van der Waals surface area contributed by atoms with Crippen LogP contribution in [0.15, 0.2) is 218 Å². The van der Waals surface area contributed by atoms with E-state index < -0.39 is 5.41 Å². The normalized spacial score (nSPS) is 13.1. The third kappa shape index (κ3) is 4.47. The molecule has 0 bridgehead atoms. The zero-order valence-electron chi connectivity index (χ0n) is 31.2. The van der Waals surface area contributed by atoms with Gasteiger partial charge in [-0.2, -0.15) is 0 Å². The summed E-state index contributed by atoms with van der Waals surface area (Å²) in [6.07, 6.45) is 0. The van der Waals surface area contributed by atoms with Gasteiger partial charge in [0.25, 0.3) is 0 Å². The predicted octanol–water partition coefficient (Wildman–Crippen LogP) is 14.3. The van der Waals surface area contributed by atoms with Crippen molar-refractivity contribution in [3.8, 4) is 39.1 Å². The van der Waals surface area contributed by atoms with Gasteiger partial charge in [0.1, 0.15) is 0 Å². The van der Waals surface area contributed by atoms with Crippen molar-refractivity contribution in [2.45, 2.75) is 5.41 Å². The first-order chi connectivity index (χ1) is 28.3. The number of anilines is 3. The first kappa shape index (κ1) is 31.9. The first-order valence-electron chi connectivity index (χ1n) is 19.8. The van der Waals surface area contributed by atoms with Gasteiger partial charge in [-0.05, 0) is 92.5 Å². The van der Waals surface area contributed by atoms with Gasteiger partial charge in [-0.1, -0.05) is 176 Å². The van der Waals surface area contributed by atoms with E-state index >= 15 is 0 Å². The number of para-hydroxylation sites is 4. The highest BCUT2D eigenvalue weighted by molar-refractivity contribution is 6.13. The molecule has 0 saturated heterocycles. The second kappa shape index (κ2) is 12.3. The molecule has 2 nitrogen and oxygen atoms in total. The molecule has 57 heavy (non-hydrogen) atoms. The Morgan fingerprint density at radius 2 is 0.912 bits per heavy atom. The molecular weight excluding hydrogens is 689 g/mol. The molecule has 12 rings (SSSR count). The van der Waals surface area contributed by atoms with Crippen LogP contribution in [-0.2, 0) is 5.41 Å². The van der Waals surface area contributed by atoms with Gasteiger partial charge in [0.15, 0.2) is 0 Å². The van der Waals surface area contributed by atoms with Crippen LogP contribution >= 0.6 is 0 Å². The van der Waals surface area contributed by atoms with E-state index in [9.17, 15) is 0 Å². The average Bonchev–Trinajstić information content (AvgIpc) is 3.78. The van der Waals surface area contributed by atoms with Gasteiger partial charge in [-0.25, -0.2) is 0 Å². The van der Waals surface area contributed by atoms with Crippen LogP contribution in [0.25, 0.3) is 60.9 Å². The molecule has 0 fully saturated rings. The van der Waals surface area contributed by atoms with Crippen molar-refractivity contribution >= 4 is 38.9 Å². The van der Waals surface area contributed by atoms with Crippen LogP contribution in [0.2, 0.25) is 0 Å². The molecule has 1 aliphatic heterocycles. The van der Waals surface area contributed by atoms with Crippen LogP contribution in [-0.4, -0.2) is 4.57 Å². The molecular formula is C55H36N2. The van der Waals surface area contributed by atoms with Crippen molar-refractivity contribution in [1.29, 1.82) is 0 Å². The number of hydrogen-bond donors (Lipinski definition) is 0. The Morgan fingerprint density at radius 1 is 0.351 bits per heavy atom. The van der Waals surface area contributed by atoms with Gasteiger partial charge >= 0.3 is 0 Å². The summed E-state index contributed by atoms with van der Waals surface area (Å²) in [5, 5.41) is 2.57. The van der Waals surface area contributed by atoms with Crippen molar-refractivity contribution in [2.24, 2.45) is 0 Å². The molecule has 0 unspecified atom stereocenters. The fourth-order valence-electron chi connectivity index (χ4n) is 10.1. The van der Waals surface area contributed by atoms with E-state index in [-0.39, 0.29) is 0 Å². The molecule has 0 amide bonds. The average molecular weight is 725 g/mol. The Kier molecular flexibility index (Phi) is 6.88. The highest BCUT2D eigenvalue weighted by Crippen LogP contribution is 2.61. The second-order valence-electron chi connectivity index (χ2n) is 15.2. The van der Waals surface area contributed by atoms with Crippen LogP contribution in [0, 0.1) is 0 Å². The second-order valence-corrected chi connectivity index (χ2v) is 15.2. The van der Waals surface area contributed by atoms with Crippen LogP contribution in [0.3, 0.4) is 0 Å². The van der Waals surface area contributed by atoms with E-state index in [1.54, 1.807) is 0 Å². The summed E-state index contributed by atoms with van der Waals surface area (Å²) in [7, 11) is 0. The molecule has 1 aromatic heterocycles. The van der Waals surface area contributed by atoms with E-state index in [0.717, 1.165) is 17.1 Å². The van der Waals surface area contributed by atoms with Crippen molar-refractivity contribution in [2.75, 3.05) is 4.90 Å². The number of rotatable bonds is 5. The molecule has 266 valence electrons. The van der Waals surface area contributed by atoms with E-state index in [4.69, 9.17) is 0 Å². The fourth-order valence-corrected chi connectivity index (χ4v) is 10.1. The lowest BCUT2D eigenvalue weighted by molar-refractivity contribution is 0.748. The van der Waals surface area contributed by atoms with Crippen LogP contribution < -0.4 is 4.90 Å². The number of benzene rings is 9. The fraction of sp³-hybridized carbons (Fsp3) is 0.0182. The number of aromatic nitrogens is 1. The lowest BCUT2D eigenvalue weighted by atomic mass is 9.65. The molecule has 0 atom stereocenters. The third-order valence-corrected chi connectivity index (χ3v) is 12.4. The molecule has 1 spiro atoms. The van der Waals surface area contributed by atoms with E-state index in [1.165, 1.54) is 83.1 Å². The van der Waals surface area contributed by atoms with Crippen LogP contribution in [0.4, 0.5) is 17.1 Å². The Morgan fingerprint density at radius 3 is 1.67 bits per heavy atom. The van der Waals surface area contributed by atoms with Gasteiger partial charge in [0.2, 0.25) is 0 Å². The van der Waals surface area contributed by atoms with Gasteiger partial charge in [-0.15, -0.1) is 0 Å². The highest BCUT2D eigenvalue weighted by atomic mass is 15.1.